The molecule has 0 fully saturated rings. The van der Waals surface area contributed by atoms with E-state index < -0.39 is 14.3 Å². The quantitative estimate of drug-likeness (QED) is 0.467. The van der Waals surface area contributed by atoms with Gasteiger partial charge in [-0.2, -0.15) is 0 Å². The van der Waals surface area contributed by atoms with Gasteiger partial charge in [0.2, 0.25) is 9.05 Å². The van der Waals surface area contributed by atoms with Gasteiger partial charge >= 0.3 is 0 Å². The van der Waals surface area contributed by atoms with Crippen LogP contribution in [0.25, 0.3) is 0 Å². The zero-order valence-corrected chi connectivity index (χ0v) is 10.8. The first kappa shape index (κ1) is 15.2. The molecular weight excluding hydrogens is 239 g/mol. The molecule has 0 bridgehead atoms. The van der Waals surface area contributed by atoms with Crippen molar-refractivity contribution >= 4 is 19.7 Å². The molecule has 0 amide bonds. The fraction of sp³-hybridized carbons (Fsp3) is 1.00. The SMILES string of the molecule is CC(CCCCCCCCF)S(=O)(=O)Cl. The second-order valence-electron chi connectivity index (χ2n) is 3.89. The maximum Gasteiger partial charge on any atom is 0.235 e. The Morgan fingerprint density at radius 2 is 1.53 bits per heavy atom. The van der Waals surface area contributed by atoms with Crippen molar-refractivity contribution in [2.45, 2.75) is 57.1 Å². The van der Waals surface area contributed by atoms with Crippen LogP contribution in [0.5, 0.6) is 0 Å². The maximum atomic E-state index is 11.7. The molecule has 0 aromatic heterocycles. The molecule has 0 heterocycles. The lowest BCUT2D eigenvalue weighted by Crippen LogP contribution is -2.10. The van der Waals surface area contributed by atoms with Gasteiger partial charge in [-0.05, 0) is 19.8 Å². The van der Waals surface area contributed by atoms with Crippen LogP contribution in [0.3, 0.4) is 0 Å². The largest absolute Gasteiger partial charge is 0.251 e. The van der Waals surface area contributed by atoms with Crippen molar-refractivity contribution in [3.05, 3.63) is 0 Å². The Morgan fingerprint density at radius 1 is 1.07 bits per heavy atom. The number of unbranched alkanes of at least 4 members (excludes halogenated alkanes) is 5. The van der Waals surface area contributed by atoms with E-state index >= 15 is 0 Å². The van der Waals surface area contributed by atoms with Crippen LogP contribution in [0.2, 0.25) is 0 Å². The molecule has 0 radical (unpaired) electrons. The molecule has 0 saturated carbocycles. The third-order valence-electron chi connectivity index (χ3n) is 2.47. The van der Waals surface area contributed by atoms with Crippen molar-refractivity contribution in [1.29, 1.82) is 0 Å². The van der Waals surface area contributed by atoms with Crippen LogP contribution in [0.4, 0.5) is 4.39 Å². The molecule has 0 aliphatic rings. The molecule has 0 aliphatic heterocycles. The summed E-state index contributed by atoms with van der Waals surface area (Å²) in [6.45, 7) is 1.40. The van der Waals surface area contributed by atoms with Gasteiger partial charge in [0.15, 0.2) is 0 Å². The normalized spacial score (nSPS) is 14.1. The molecule has 0 saturated heterocycles. The smallest absolute Gasteiger partial charge is 0.235 e. The molecule has 2 nitrogen and oxygen atoms in total. The van der Waals surface area contributed by atoms with Gasteiger partial charge in [-0.15, -0.1) is 0 Å². The Hall–Kier alpha value is 0.170. The number of hydrogen-bond donors (Lipinski definition) is 0. The van der Waals surface area contributed by atoms with Crippen molar-refractivity contribution in [2.24, 2.45) is 0 Å². The molecule has 15 heavy (non-hydrogen) atoms. The highest BCUT2D eigenvalue weighted by Gasteiger charge is 2.16. The molecule has 92 valence electrons. The average Bonchev–Trinajstić information content (AvgIpc) is 2.14. The van der Waals surface area contributed by atoms with Gasteiger partial charge in [-0.3, -0.25) is 4.39 Å². The molecule has 0 aliphatic carbocycles. The fourth-order valence-electron chi connectivity index (χ4n) is 1.37. The van der Waals surface area contributed by atoms with Crippen molar-refractivity contribution in [2.75, 3.05) is 6.67 Å². The zero-order chi connectivity index (χ0) is 11.7. The summed E-state index contributed by atoms with van der Waals surface area (Å²) in [5.74, 6) is 0. The monoisotopic (exact) mass is 258 g/mol. The lowest BCUT2D eigenvalue weighted by atomic mass is 10.1. The fourth-order valence-corrected chi connectivity index (χ4v) is 2.09. The van der Waals surface area contributed by atoms with Gasteiger partial charge in [0.1, 0.15) is 0 Å². The third kappa shape index (κ3) is 9.12. The van der Waals surface area contributed by atoms with Crippen molar-refractivity contribution in [3.8, 4) is 0 Å². The standard InChI is InChI=1S/C10H20ClFO2S/c1-10(15(11,13)14)8-6-4-2-3-5-7-9-12/h10H,2-9H2,1H3. The Bertz CT molecular complexity index is 242. The highest BCUT2D eigenvalue weighted by molar-refractivity contribution is 8.14. The third-order valence-corrected chi connectivity index (χ3v) is 4.58. The van der Waals surface area contributed by atoms with Gasteiger partial charge in [0.25, 0.3) is 0 Å². The van der Waals surface area contributed by atoms with E-state index in [1.165, 1.54) is 0 Å². The molecule has 0 N–H and O–H groups in total. The molecular formula is C10H20ClFO2S. The Morgan fingerprint density at radius 3 is 2.00 bits per heavy atom. The van der Waals surface area contributed by atoms with E-state index in [0.717, 1.165) is 32.1 Å². The van der Waals surface area contributed by atoms with Gasteiger partial charge in [-0.1, -0.05) is 32.1 Å². The summed E-state index contributed by atoms with van der Waals surface area (Å²) in [6, 6.07) is 0. The summed E-state index contributed by atoms with van der Waals surface area (Å²) in [6.07, 6.45) is 6.16. The predicted octanol–water partition coefficient (Wildman–Crippen LogP) is 3.64. The van der Waals surface area contributed by atoms with Crippen LogP contribution < -0.4 is 0 Å². The number of halogens is 2. The minimum Gasteiger partial charge on any atom is -0.251 e. The van der Waals surface area contributed by atoms with Crippen LogP contribution in [0, 0.1) is 0 Å². The second kappa shape index (κ2) is 8.34. The van der Waals surface area contributed by atoms with Crippen LogP contribution in [-0.4, -0.2) is 20.3 Å². The number of hydrogen-bond acceptors (Lipinski definition) is 2. The molecule has 0 aromatic rings. The summed E-state index contributed by atoms with van der Waals surface area (Å²) >= 11 is 0. The van der Waals surface area contributed by atoms with Crippen LogP contribution in [0.15, 0.2) is 0 Å². The molecule has 0 spiro atoms. The van der Waals surface area contributed by atoms with Crippen molar-refractivity contribution < 1.29 is 12.8 Å². The maximum absolute atomic E-state index is 11.7. The second-order valence-corrected chi connectivity index (χ2v) is 6.93. The van der Waals surface area contributed by atoms with Crippen LogP contribution >= 0.6 is 10.7 Å². The topological polar surface area (TPSA) is 34.1 Å². The Kier molecular flexibility index (Phi) is 8.43. The molecule has 5 heteroatoms. The summed E-state index contributed by atoms with van der Waals surface area (Å²) in [5, 5.41) is -0.454. The average molecular weight is 259 g/mol. The first-order valence-electron chi connectivity index (χ1n) is 5.48. The minimum atomic E-state index is -3.38. The van der Waals surface area contributed by atoms with E-state index in [-0.39, 0.29) is 6.67 Å². The molecule has 1 atom stereocenters. The first-order chi connectivity index (χ1) is 6.98. The van der Waals surface area contributed by atoms with Crippen molar-refractivity contribution in [1.82, 2.24) is 0 Å². The highest BCUT2D eigenvalue weighted by Crippen LogP contribution is 2.15. The first-order valence-corrected chi connectivity index (χ1v) is 7.85. The number of rotatable bonds is 9. The summed E-state index contributed by atoms with van der Waals surface area (Å²) in [4.78, 5) is 0. The minimum absolute atomic E-state index is 0.235. The Balaban J connectivity index is 3.32. The zero-order valence-electron chi connectivity index (χ0n) is 9.21. The summed E-state index contributed by atoms with van der Waals surface area (Å²) in [5.41, 5.74) is 0. The number of alkyl halides is 1. The Labute approximate surface area is 96.6 Å². The highest BCUT2D eigenvalue weighted by atomic mass is 35.7. The van der Waals surface area contributed by atoms with E-state index in [9.17, 15) is 12.8 Å². The lowest BCUT2D eigenvalue weighted by Gasteiger charge is -2.06. The van der Waals surface area contributed by atoms with Crippen molar-refractivity contribution in [3.63, 3.8) is 0 Å². The summed E-state index contributed by atoms with van der Waals surface area (Å²) in [7, 11) is 1.81. The summed E-state index contributed by atoms with van der Waals surface area (Å²) < 4.78 is 33.4. The molecule has 0 aromatic carbocycles. The van der Waals surface area contributed by atoms with E-state index in [0.29, 0.717) is 12.8 Å². The van der Waals surface area contributed by atoms with Gasteiger partial charge < -0.3 is 0 Å². The lowest BCUT2D eigenvalue weighted by molar-refractivity contribution is 0.449. The van der Waals surface area contributed by atoms with Crippen LogP contribution in [-0.2, 0) is 9.05 Å². The van der Waals surface area contributed by atoms with E-state index in [2.05, 4.69) is 0 Å². The predicted molar refractivity (Wildman–Crippen MR) is 62.5 cm³/mol. The van der Waals surface area contributed by atoms with E-state index in [1.807, 2.05) is 0 Å². The van der Waals surface area contributed by atoms with Gasteiger partial charge in [0.05, 0.1) is 11.9 Å². The van der Waals surface area contributed by atoms with Gasteiger partial charge in [0, 0.05) is 10.7 Å². The van der Waals surface area contributed by atoms with Crippen LogP contribution in [0.1, 0.15) is 51.9 Å². The van der Waals surface area contributed by atoms with E-state index in [4.69, 9.17) is 10.7 Å². The molecule has 1 unspecified atom stereocenters. The van der Waals surface area contributed by atoms with Gasteiger partial charge in [-0.25, -0.2) is 8.42 Å². The molecule has 0 rings (SSSR count). The van der Waals surface area contributed by atoms with E-state index in [1.54, 1.807) is 6.92 Å².